The minimum atomic E-state index is -2.78. The highest BCUT2D eigenvalue weighted by atomic mass is 79.9. The van der Waals surface area contributed by atoms with Crippen molar-refractivity contribution in [3.63, 3.8) is 0 Å². The average Bonchev–Trinajstić information content (AvgIpc) is 3.28. The van der Waals surface area contributed by atoms with Gasteiger partial charge in [-0.25, -0.2) is 13.8 Å². The van der Waals surface area contributed by atoms with E-state index in [1.165, 1.54) is 12.1 Å². The van der Waals surface area contributed by atoms with Crippen LogP contribution in [0.25, 0.3) is 11.0 Å². The van der Waals surface area contributed by atoms with E-state index >= 15 is 8.78 Å². The minimum Gasteiger partial charge on any atom is -0.494 e. The summed E-state index contributed by atoms with van der Waals surface area (Å²) in [5.74, 6) is -2.00. The van der Waals surface area contributed by atoms with Gasteiger partial charge in [-0.05, 0) is 136 Å². The maximum atomic E-state index is 15.3. The van der Waals surface area contributed by atoms with E-state index in [1.54, 1.807) is 39.0 Å². The van der Waals surface area contributed by atoms with Gasteiger partial charge in [0.1, 0.15) is 35.9 Å². The van der Waals surface area contributed by atoms with Crippen molar-refractivity contribution in [1.29, 1.82) is 0 Å². The van der Waals surface area contributed by atoms with Gasteiger partial charge in [0.2, 0.25) is 17.8 Å². The fraction of sp³-hybridized carbons (Fsp3) is 0.447. The fourth-order valence-corrected chi connectivity index (χ4v) is 12.0. The highest BCUT2D eigenvalue weighted by Crippen LogP contribution is 2.46. The Labute approximate surface area is 385 Å². The first-order valence-corrected chi connectivity index (χ1v) is 25.7. The number of methoxy groups -OCH3 is 1. The van der Waals surface area contributed by atoms with Crippen LogP contribution in [0.2, 0.25) is 0 Å². The number of anilines is 6. The van der Waals surface area contributed by atoms with E-state index in [4.69, 9.17) is 9.72 Å². The van der Waals surface area contributed by atoms with Gasteiger partial charge < -0.3 is 34.6 Å². The highest BCUT2D eigenvalue weighted by Gasteiger charge is 2.40. The maximum absolute atomic E-state index is 15.3. The third kappa shape index (κ3) is 9.29. The van der Waals surface area contributed by atoms with Crippen molar-refractivity contribution in [2.75, 3.05) is 80.1 Å². The first-order chi connectivity index (χ1) is 31.2. The zero-order valence-corrected chi connectivity index (χ0v) is 39.6. The summed E-state index contributed by atoms with van der Waals surface area (Å²) < 4.78 is 50.7. The molecule has 4 fully saturated rings. The van der Waals surface area contributed by atoms with E-state index in [9.17, 15) is 14.2 Å². The third-order valence-corrected chi connectivity index (χ3v) is 16.0. The van der Waals surface area contributed by atoms with Crippen molar-refractivity contribution in [1.82, 2.24) is 30.2 Å². The SMILES string of the molecule is COc1cc(N2CCC3(CC2)CCN(C2CCN(c4cc(F)c([C@H]5CCC(=O)NC5=O)c(F)c4)CC2)CC3)c(C)cc1Nc1ncc(Br)c(Nc2ccc3nccnc3c2P(C)(C)=O)n1. The van der Waals surface area contributed by atoms with Gasteiger partial charge in [0.25, 0.3) is 0 Å². The molecule has 0 bridgehead atoms. The second-order valence-electron chi connectivity index (χ2n) is 18.3. The number of aryl methyl sites for hydroxylation is 1. The number of ether oxygens (including phenoxy) is 1. The molecule has 0 unspecified atom stereocenters. The predicted molar refractivity (Wildman–Crippen MR) is 254 cm³/mol. The van der Waals surface area contributed by atoms with Crippen LogP contribution in [0.5, 0.6) is 5.75 Å². The van der Waals surface area contributed by atoms with Crippen molar-refractivity contribution >= 4 is 85.7 Å². The van der Waals surface area contributed by atoms with E-state index in [2.05, 4.69) is 75.7 Å². The Morgan fingerprint density at radius 2 is 1.55 bits per heavy atom. The number of rotatable bonds is 10. The number of aromatic nitrogens is 4. The monoisotopic (exact) mass is 970 g/mol. The van der Waals surface area contributed by atoms with Crippen LogP contribution in [0.3, 0.4) is 0 Å². The molecule has 2 aromatic heterocycles. The van der Waals surface area contributed by atoms with E-state index in [1.807, 2.05) is 17.0 Å². The molecule has 9 rings (SSSR count). The normalized spacial score (nSPS) is 19.7. The number of imide groups is 1. The third-order valence-electron chi connectivity index (χ3n) is 13.9. The van der Waals surface area contributed by atoms with Gasteiger partial charge in [0.05, 0.1) is 39.7 Å². The fourth-order valence-electron chi connectivity index (χ4n) is 10.3. The van der Waals surface area contributed by atoms with Crippen LogP contribution in [0.1, 0.15) is 68.4 Å². The maximum Gasteiger partial charge on any atom is 0.234 e. The van der Waals surface area contributed by atoms with Crippen molar-refractivity contribution in [3.05, 3.63) is 82.2 Å². The first kappa shape index (κ1) is 44.9. The standard InChI is InChI=1S/C47H54BrF2N10O4P/c1-28-23-37(55-46-53-27-32(48)44(57-46)54-36-7-6-35-42(52-16-15-51-35)43(36)65(3,4)63)39(64-2)26-38(28)60-21-13-47(14-22-60)11-19-59(20-12-47)29-9-17-58(18-10-29)30-24-33(49)41(34(50)25-30)31-5-8-40(61)56-45(31)62/h6-7,15-16,23-27,29,31H,5,8-14,17-22H2,1-4H3,(H,56,61,62)(H2,53,54,55,57)/t31-/m1/s1. The summed E-state index contributed by atoms with van der Waals surface area (Å²) in [5.41, 5.74) is 5.44. The van der Waals surface area contributed by atoms with Crippen LogP contribution in [0.15, 0.2) is 59.5 Å². The van der Waals surface area contributed by atoms with E-state index < -0.39 is 36.5 Å². The largest absolute Gasteiger partial charge is 0.494 e. The summed E-state index contributed by atoms with van der Waals surface area (Å²) in [6, 6.07) is 11.0. The molecule has 6 heterocycles. The predicted octanol–water partition coefficient (Wildman–Crippen LogP) is 8.38. The quantitative estimate of drug-likeness (QED) is 0.0907. The molecule has 4 aliphatic heterocycles. The Bertz CT molecular complexity index is 2670. The number of halogens is 3. The summed E-state index contributed by atoms with van der Waals surface area (Å²) in [5, 5.41) is 9.54. The molecule has 18 heteroatoms. The van der Waals surface area contributed by atoms with E-state index in [0.29, 0.717) is 74.2 Å². The molecule has 1 spiro atoms. The smallest absolute Gasteiger partial charge is 0.234 e. The average molecular weight is 972 g/mol. The number of amides is 2. The van der Waals surface area contributed by atoms with Crippen molar-refractivity contribution in [2.24, 2.45) is 5.41 Å². The van der Waals surface area contributed by atoms with Crippen LogP contribution >= 0.6 is 23.1 Å². The number of fused-ring (bicyclic) bond motifs is 1. The van der Waals surface area contributed by atoms with Crippen molar-refractivity contribution in [2.45, 2.75) is 70.3 Å². The van der Waals surface area contributed by atoms with Gasteiger partial charge in [-0.1, -0.05) is 0 Å². The minimum absolute atomic E-state index is 0.0646. The van der Waals surface area contributed by atoms with Crippen LogP contribution in [-0.4, -0.2) is 102 Å². The molecule has 4 saturated heterocycles. The van der Waals surface area contributed by atoms with Gasteiger partial charge >= 0.3 is 0 Å². The van der Waals surface area contributed by atoms with Gasteiger partial charge in [0, 0.05) is 80.2 Å². The number of likely N-dealkylation sites (tertiary alicyclic amines) is 1. The summed E-state index contributed by atoms with van der Waals surface area (Å²) >= 11 is 3.59. The lowest BCUT2D eigenvalue weighted by Gasteiger charge is -2.50. The van der Waals surface area contributed by atoms with Gasteiger partial charge in [-0.3, -0.25) is 24.9 Å². The van der Waals surface area contributed by atoms with Crippen molar-refractivity contribution in [3.8, 4) is 5.75 Å². The van der Waals surface area contributed by atoms with Crippen LogP contribution < -0.4 is 35.8 Å². The molecular weight excluding hydrogens is 917 g/mol. The second-order valence-corrected chi connectivity index (χ2v) is 22.3. The zero-order chi connectivity index (χ0) is 45.6. The van der Waals surface area contributed by atoms with E-state index in [-0.39, 0.29) is 18.4 Å². The molecule has 0 radical (unpaired) electrons. The zero-order valence-electron chi connectivity index (χ0n) is 37.1. The summed E-state index contributed by atoms with van der Waals surface area (Å²) in [7, 11) is -1.12. The topological polar surface area (TPSA) is 158 Å². The molecule has 3 N–H and O–H groups in total. The number of carbonyl (C=O) groups excluding carboxylic acids is 2. The number of piperidine rings is 4. The molecule has 342 valence electrons. The molecule has 0 aliphatic carbocycles. The molecule has 65 heavy (non-hydrogen) atoms. The summed E-state index contributed by atoms with van der Waals surface area (Å²) in [6.45, 7) is 11.0. The van der Waals surface area contributed by atoms with Crippen LogP contribution in [-0.2, 0) is 14.2 Å². The lowest BCUT2D eigenvalue weighted by molar-refractivity contribution is -0.134. The van der Waals surface area contributed by atoms with Crippen molar-refractivity contribution < 1.29 is 27.7 Å². The summed E-state index contributed by atoms with van der Waals surface area (Å²) in [6.07, 6.45) is 11.4. The molecular formula is C47H54BrF2N10O4P. The van der Waals surface area contributed by atoms with Crippen LogP contribution in [0, 0.1) is 24.0 Å². The number of hydrogen-bond acceptors (Lipinski definition) is 13. The Hall–Kier alpha value is -5.25. The lowest BCUT2D eigenvalue weighted by Crippen LogP contribution is -2.52. The number of nitrogens with zero attached hydrogens (tertiary/aromatic N) is 7. The highest BCUT2D eigenvalue weighted by molar-refractivity contribution is 9.10. The Morgan fingerprint density at radius 3 is 2.23 bits per heavy atom. The molecule has 2 amide bonds. The Kier molecular flexibility index (Phi) is 12.6. The Morgan fingerprint density at radius 1 is 0.862 bits per heavy atom. The molecule has 5 aromatic rings. The summed E-state index contributed by atoms with van der Waals surface area (Å²) in [4.78, 5) is 49.3. The van der Waals surface area contributed by atoms with Gasteiger partial charge in [0.15, 0.2) is 0 Å². The first-order valence-electron chi connectivity index (χ1n) is 22.3. The van der Waals surface area contributed by atoms with E-state index in [0.717, 1.165) is 81.6 Å². The molecule has 14 nitrogen and oxygen atoms in total. The number of hydrogen-bond donors (Lipinski definition) is 3. The van der Waals surface area contributed by atoms with Gasteiger partial charge in [-0.2, -0.15) is 4.98 Å². The second kappa shape index (κ2) is 18.2. The molecule has 4 aliphatic rings. The number of nitrogens with one attached hydrogen (secondary N) is 3. The van der Waals surface area contributed by atoms with Gasteiger partial charge in [-0.15, -0.1) is 0 Å². The number of benzene rings is 3. The number of carbonyl (C=O) groups is 2. The van der Waals surface area contributed by atoms with Crippen LogP contribution in [0.4, 0.5) is 43.3 Å². The molecule has 1 atom stereocenters. The molecule has 0 saturated carbocycles. The Balaban J connectivity index is 0.795. The molecule has 3 aromatic carbocycles. The lowest BCUT2D eigenvalue weighted by atomic mass is 9.70.